The zero-order valence-corrected chi connectivity index (χ0v) is 15.7. The Hall–Kier alpha value is -1.65. The summed E-state index contributed by atoms with van der Waals surface area (Å²) in [6, 6.07) is 13.7. The first kappa shape index (κ1) is 18.2. The second-order valence-corrected chi connectivity index (χ2v) is 9.33. The first-order valence-electron chi connectivity index (χ1n) is 8.93. The predicted octanol–water partition coefficient (Wildman–Crippen LogP) is 4.30. The van der Waals surface area contributed by atoms with Crippen molar-refractivity contribution >= 4 is 9.84 Å². The molecular formula is C21H26O3S. The molecule has 0 heterocycles. The van der Waals surface area contributed by atoms with Gasteiger partial charge in [0, 0.05) is 0 Å². The van der Waals surface area contributed by atoms with Crippen molar-refractivity contribution in [3.63, 3.8) is 0 Å². The molecule has 0 bridgehead atoms. The molecule has 0 unspecified atom stereocenters. The molecule has 3 rings (SSSR count). The van der Waals surface area contributed by atoms with Gasteiger partial charge in [-0.2, -0.15) is 0 Å². The van der Waals surface area contributed by atoms with E-state index >= 15 is 0 Å². The van der Waals surface area contributed by atoms with Gasteiger partial charge in [-0.05, 0) is 74.3 Å². The van der Waals surface area contributed by atoms with Crippen molar-refractivity contribution in [2.45, 2.75) is 50.5 Å². The molecule has 0 saturated heterocycles. The van der Waals surface area contributed by atoms with Crippen LogP contribution in [-0.4, -0.2) is 25.4 Å². The monoisotopic (exact) mass is 358 g/mol. The van der Waals surface area contributed by atoms with Crippen LogP contribution in [0.3, 0.4) is 0 Å². The third kappa shape index (κ3) is 4.31. The van der Waals surface area contributed by atoms with Crippen LogP contribution in [0.1, 0.15) is 36.8 Å². The minimum absolute atomic E-state index is 0.158. The second-order valence-electron chi connectivity index (χ2n) is 7.30. The van der Waals surface area contributed by atoms with Crippen LogP contribution < -0.4 is 0 Å². The number of aliphatic hydroxyl groups is 1. The molecule has 3 nitrogen and oxygen atoms in total. The number of sulfone groups is 1. The summed E-state index contributed by atoms with van der Waals surface area (Å²) in [7, 11) is -3.29. The quantitative estimate of drug-likeness (QED) is 0.887. The third-order valence-corrected chi connectivity index (χ3v) is 7.07. The highest BCUT2D eigenvalue weighted by Gasteiger charge is 2.26. The Morgan fingerprint density at radius 1 is 0.960 bits per heavy atom. The van der Waals surface area contributed by atoms with Crippen LogP contribution >= 0.6 is 0 Å². The van der Waals surface area contributed by atoms with Gasteiger partial charge < -0.3 is 5.11 Å². The van der Waals surface area contributed by atoms with Gasteiger partial charge in [0.2, 0.25) is 0 Å². The van der Waals surface area contributed by atoms with E-state index in [2.05, 4.69) is 31.2 Å². The highest BCUT2D eigenvalue weighted by Crippen LogP contribution is 2.30. The van der Waals surface area contributed by atoms with Gasteiger partial charge in [-0.3, -0.25) is 0 Å². The Kier molecular flexibility index (Phi) is 5.30. The van der Waals surface area contributed by atoms with E-state index in [4.69, 9.17) is 0 Å². The van der Waals surface area contributed by atoms with E-state index in [1.54, 1.807) is 12.1 Å². The van der Waals surface area contributed by atoms with Crippen LogP contribution in [0.25, 0.3) is 11.1 Å². The second kappa shape index (κ2) is 7.30. The first-order chi connectivity index (χ1) is 11.8. The Morgan fingerprint density at radius 3 is 2.20 bits per heavy atom. The molecule has 0 aromatic heterocycles. The van der Waals surface area contributed by atoms with Gasteiger partial charge in [0.25, 0.3) is 0 Å². The maximum Gasteiger partial charge on any atom is 0.178 e. The Bertz CT molecular complexity index is 830. The Labute approximate surface area is 150 Å². The van der Waals surface area contributed by atoms with Crippen molar-refractivity contribution in [2.24, 2.45) is 5.92 Å². The van der Waals surface area contributed by atoms with Crippen molar-refractivity contribution in [1.82, 2.24) is 0 Å². The van der Waals surface area contributed by atoms with Gasteiger partial charge in [-0.1, -0.05) is 35.9 Å². The van der Waals surface area contributed by atoms with E-state index in [1.165, 1.54) is 5.56 Å². The van der Waals surface area contributed by atoms with Gasteiger partial charge in [0.05, 0.1) is 16.8 Å². The summed E-state index contributed by atoms with van der Waals surface area (Å²) in [5.41, 5.74) is 4.36. The van der Waals surface area contributed by atoms with Gasteiger partial charge in [-0.15, -0.1) is 0 Å². The lowest BCUT2D eigenvalue weighted by molar-refractivity contribution is 0.113. The lowest BCUT2D eigenvalue weighted by Crippen LogP contribution is -2.24. The third-order valence-electron chi connectivity index (χ3n) is 5.19. The molecule has 1 fully saturated rings. The molecular weight excluding hydrogens is 332 g/mol. The lowest BCUT2D eigenvalue weighted by atomic mass is 9.89. The number of hydrogen-bond donors (Lipinski definition) is 1. The molecule has 0 radical (unpaired) electrons. The molecule has 1 aliphatic rings. The van der Waals surface area contributed by atoms with Crippen molar-refractivity contribution in [3.8, 4) is 11.1 Å². The smallest absolute Gasteiger partial charge is 0.178 e. The van der Waals surface area contributed by atoms with Gasteiger partial charge in [0.15, 0.2) is 9.84 Å². The molecule has 2 aromatic carbocycles. The maximum absolute atomic E-state index is 12.8. The highest BCUT2D eigenvalue weighted by molar-refractivity contribution is 7.91. The fourth-order valence-electron chi connectivity index (χ4n) is 3.60. The number of hydrogen-bond acceptors (Lipinski definition) is 3. The number of aliphatic hydroxyl groups excluding tert-OH is 1. The average molecular weight is 359 g/mol. The summed E-state index contributed by atoms with van der Waals surface area (Å²) in [6.07, 6.45) is 2.76. The minimum Gasteiger partial charge on any atom is -0.393 e. The molecule has 0 spiro atoms. The molecule has 0 aliphatic heterocycles. The molecule has 1 N–H and O–H groups in total. The van der Waals surface area contributed by atoms with Crippen molar-refractivity contribution in [1.29, 1.82) is 0 Å². The number of benzene rings is 2. The van der Waals surface area contributed by atoms with Crippen LogP contribution in [0, 0.1) is 19.8 Å². The fraction of sp³-hybridized carbons (Fsp3) is 0.429. The Balaban J connectivity index is 1.80. The van der Waals surface area contributed by atoms with E-state index < -0.39 is 9.84 Å². The van der Waals surface area contributed by atoms with E-state index in [0.717, 1.165) is 29.5 Å². The van der Waals surface area contributed by atoms with Gasteiger partial charge >= 0.3 is 0 Å². The summed E-state index contributed by atoms with van der Waals surface area (Å²) < 4.78 is 25.5. The average Bonchev–Trinajstić information content (AvgIpc) is 2.58. The summed E-state index contributed by atoms with van der Waals surface area (Å²) in [4.78, 5) is 0.409. The van der Waals surface area contributed by atoms with Crippen molar-refractivity contribution in [2.75, 3.05) is 5.75 Å². The van der Waals surface area contributed by atoms with Crippen LogP contribution in [0.2, 0.25) is 0 Å². The lowest BCUT2D eigenvalue weighted by Gasteiger charge is -2.25. The summed E-state index contributed by atoms with van der Waals surface area (Å²) >= 11 is 0. The molecule has 0 atom stereocenters. The Morgan fingerprint density at radius 2 is 1.60 bits per heavy atom. The van der Waals surface area contributed by atoms with E-state index in [-0.39, 0.29) is 17.8 Å². The summed E-state index contributed by atoms with van der Waals surface area (Å²) in [6.45, 7) is 4.02. The normalized spacial score (nSPS) is 21.2. The van der Waals surface area contributed by atoms with Crippen LogP contribution in [0.15, 0.2) is 47.4 Å². The topological polar surface area (TPSA) is 54.4 Å². The SMILES string of the molecule is Cc1ccc(-c2ccc(S(=O)(=O)CC3CCC(O)CC3)cc2C)cc1. The van der Waals surface area contributed by atoms with Crippen molar-refractivity contribution < 1.29 is 13.5 Å². The van der Waals surface area contributed by atoms with Gasteiger partial charge in [-0.25, -0.2) is 8.42 Å². The maximum atomic E-state index is 12.8. The van der Waals surface area contributed by atoms with E-state index in [9.17, 15) is 13.5 Å². The van der Waals surface area contributed by atoms with Crippen LogP contribution in [-0.2, 0) is 9.84 Å². The fourth-order valence-corrected chi connectivity index (χ4v) is 5.38. The predicted molar refractivity (Wildman–Crippen MR) is 101 cm³/mol. The molecule has 134 valence electrons. The molecule has 2 aromatic rings. The summed E-state index contributed by atoms with van der Waals surface area (Å²) in [5.74, 6) is 0.341. The van der Waals surface area contributed by atoms with E-state index in [0.29, 0.717) is 17.7 Å². The zero-order valence-electron chi connectivity index (χ0n) is 14.9. The van der Waals surface area contributed by atoms with Gasteiger partial charge in [0.1, 0.15) is 0 Å². The first-order valence-corrected chi connectivity index (χ1v) is 10.6. The highest BCUT2D eigenvalue weighted by atomic mass is 32.2. The standard InChI is InChI=1S/C21H26O3S/c1-15-3-7-18(8-4-15)21-12-11-20(13-16(21)2)25(23,24)14-17-5-9-19(22)10-6-17/h3-4,7-8,11-13,17,19,22H,5-6,9-10,14H2,1-2H3. The molecule has 0 amide bonds. The van der Waals surface area contributed by atoms with E-state index in [1.807, 2.05) is 13.0 Å². The van der Waals surface area contributed by atoms with Crippen LogP contribution in [0.4, 0.5) is 0 Å². The molecule has 25 heavy (non-hydrogen) atoms. The molecule has 1 saturated carbocycles. The number of rotatable bonds is 4. The largest absolute Gasteiger partial charge is 0.393 e. The van der Waals surface area contributed by atoms with Crippen LogP contribution in [0.5, 0.6) is 0 Å². The summed E-state index contributed by atoms with van der Waals surface area (Å²) in [5, 5.41) is 9.59. The zero-order chi connectivity index (χ0) is 18.0. The number of aryl methyl sites for hydroxylation is 2. The molecule has 4 heteroatoms. The molecule has 1 aliphatic carbocycles. The van der Waals surface area contributed by atoms with Crippen molar-refractivity contribution in [3.05, 3.63) is 53.6 Å². The minimum atomic E-state index is -3.29.